The molecule has 0 saturated carbocycles. The molecule has 0 aliphatic carbocycles. The summed E-state index contributed by atoms with van der Waals surface area (Å²) in [4.78, 5) is 4.30. The number of aromatic nitrogens is 2. The summed E-state index contributed by atoms with van der Waals surface area (Å²) in [5, 5.41) is 0. The molecule has 0 radical (unpaired) electrons. The molecule has 0 saturated heterocycles. The lowest BCUT2D eigenvalue weighted by Gasteiger charge is -2.09. The number of hydrogen-bond donors (Lipinski definition) is 1. The van der Waals surface area contributed by atoms with Gasteiger partial charge in [0.05, 0.1) is 17.4 Å². The molecule has 15 heavy (non-hydrogen) atoms. The third-order valence-electron chi connectivity index (χ3n) is 2.60. The van der Waals surface area contributed by atoms with Crippen molar-refractivity contribution in [3.8, 4) is 0 Å². The van der Waals surface area contributed by atoms with E-state index in [4.69, 9.17) is 17.3 Å². The second-order valence-corrected chi connectivity index (χ2v) is 4.07. The van der Waals surface area contributed by atoms with E-state index in [2.05, 4.69) is 4.98 Å². The SMILES string of the molecule is Cn1cnc2cc(C(N)CCCl)ccc21. The summed E-state index contributed by atoms with van der Waals surface area (Å²) in [6, 6.07) is 6.13. The summed E-state index contributed by atoms with van der Waals surface area (Å²) >= 11 is 5.67. The Kier molecular flexibility index (Phi) is 2.93. The Bertz CT molecular complexity index is 464. The largest absolute Gasteiger partial charge is 0.334 e. The van der Waals surface area contributed by atoms with Gasteiger partial charge in [-0.1, -0.05) is 6.07 Å². The van der Waals surface area contributed by atoms with Crippen LogP contribution in [0.1, 0.15) is 18.0 Å². The molecular weight excluding hydrogens is 210 g/mol. The third-order valence-corrected chi connectivity index (χ3v) is 2.82. The van der Waals surface area contributed by atoms with Gasteiger partial charge in [0.15, 0.2) is 0 Å². The van der Waals surface area contributed by atoms with E-state index < -0.39 is 0 Å². The van der Waals surface area contributed by atoms with E-state index in [-0.39, 0.29) is 6.04 Å². The smallest absolute Gasteiger partial charge is 0.0955 e. The van der Waals surface area contributed by atoms with Crippen molar-refractivity contribution < 1.29 is 0 Å². The predicted molar refractivity (Wildman–Crippen MR) is 63.0 cm³/mol. The molecule has 0 bridgehead atoms. The predicted octanol–water partition coefficient (Wildman–Crippen LogP) is 2.20. The van der Waals surface area contributed by atoms with Gasteiger partial charge in [-0.2, -0.15) is 0 Å². The van der Waals surface area contributed by atoms with Crippen LogP contribution < -0.4 is 5.73 Å². The molecule has 2 N–H and O–H groups in total. The second kappa shape index (κ2) is 4.21. The van der Waals surface area contributed by atoms with E-state index in [9.17, 15) is 0 Å². The zero-order valence-corrected chi connectivity index (χ0v) is 9.41. The van der Waals surface area contributed by atoms with Gasteiger partial charge in [0.25, 0.3) is 0 Å². The van der Waals surface area contributed by atoms with Gasteiger partial charge in [-0.05, 0) is 24.1 Å². The molecule has 1 aromatic carbocycles. The Morgan fingerprint density at radius 1 is 1.53 bits per heavy atom. The first kappa shape index (κ1) is 10.5. The highest BCUT2D eigenvalue weighted by Crippen LogP contribution is 2.20. The summed E-state index contributed by atoms with van der Waals surface area (Å²) in [5.74, 6) is 0.585. The molecule has 1 atom stereocenters. The molecule has 0 aliphatic heterocycles. The van der Waals surface area contributed by atoms with Gasteiger partial charge in [0.2, 0.25) is 0 Å². The summed E-state index contributed by atoms with van der Waals surface area (Å²) < 4.78 is 1.99. The molecule has 2 aromatic rings. The molecule has 80 valence electrons. The van der Waals surface area contributed by atoms with Crippen LogP contribution in [0.15, 0.2) is 24.5 Å². The Morgan fingerprint density at radius 2 is 2.33 bits per heavy atom. The minimum absolute atomic E-state index is 0.00825. The third kappa shape index (κ3) is 1.98. The number of imidazole rings is 1. The molecule has 0 spiro atoms. The maximum Gasteiger partial charge on any atom is 0.0955 e. The Morgan fingerprint density at radius 3 is 3.07 bits per heavy atom. The van der Waals surface area contributed by atoms with Crippen LogP contribution in [0.5, 0.6) is 0 Å². The van der Waals surface area contributed by atoms with Gasteiger partial charge < -0.3 is 10.3 Å². The zero-order valence-electron chi connectivity index (χ0n) is 8.65. The first-order valence-corrected chi connectivity index (χ1v) is 5.48. The van der Waals surface area contributed by atoms with Gasteiger partial charge in [0.1, 0.15) is 0 Å². The topological polar surface area (TPSA) is 43.8 Å². The molecular formula is C11H14ClN3. The highest BCUT2D eigenvalue weighted by atomic mass is 35.5. The van der Waals surface area contributed by atoms with E-state index in [0.717, 1.165) is 23.0 Å². The van der Waals surface area contributed by atoms with Gasteiger partial charge >= 0.3 is 0 Å². The van der Waals surface area contributed by atoms with Gasteiger partial charge in [-0.25, -0.2) is 4.98 Å². The van der Waals surface area contributed by atoms with E-state index in [1.54, 1.807) is 0 Å². The average molecular weight is 224 g/mol. The van der Waals surface area contributed by atoms with Crippen molar-refractivity contribution in [3.63, 3.8) is 0 Å². The Balaban J connectivity index is 2.38. The van der Waals surface area contributed by atoms with Crippen molar-refractivity contribution in [2.75, 3.05) is 5.88 Å². The molecule has 0 fully saturated rings. The number of fused-ring (bicyclic) bond motifs is 1. The van der Waals surface area contributed by atoms with E-state index in [1.165, 1.54) is 0 Å². The van der Waals surface area contributed by atoms with Crippen molar-refractivity contribution in [2.45, 2.75) is 12.5 Å². The van der Waals surface area contributed by atoms with Crippen molar-refractivity contribution in [2.24, 2.45) is 12.8 Å². The van der Waals surface area contributed by atoms with Crippen molar-refractivity contribution in [1.29, 1.82) is 0 Å². The first-order valence-electron chi connectivity index (χ1n) is 4.95. The fraction of sp³-hybridized carbons (Fsp3) is 0.364. The van der Waals surface area contributed by atoms with Crippen LogP contribution >= 0.6 is 11.6 Å². The molecule has 1 heterocycles. The average Bonchev–Trinajstić information content (AvgIpc) is 2.60. The monoisotopic (exact) mass is 223 g/mol. The van der Waals surface area contributed by atoms with Gasteiger partial charge in [-0.15, -0.1) is 11.6 Å². The van der Waals surface area contributed by atoms with E-state index in [1.807, 2.05) is 36.1 Å². The van der Waals surface area contributed by atoms with Crippen LogP contribution in [-0.2, 0) is 7.05 Å². The lowest BCUT2D eigenvalue weighted by Crippen LogP contribution is -2.10. The Labute approximate surface area is 93.9 Å². The number of nitrogens with two attached hydrogens (primary N) is 1. The molecule has 2 rings (SSSR count). The first-order chi connectivity index (χ1) is 7.22. The van der Waals surface area contributed by atoms with Crippen molar-refractivity contribution >= 4 is 22.6 Å². The standard InChI is InChI=1S/C11H14ClN3/c1-15-7-14-10-6-8(2-3-11(10)15)9(13)4-5-12/h2-3,6-7,9H,4-5,13H2,1H3. The minimum atomic E-state index is 0.00825. The minimum Gasteiger partial charge on any atom is -0.334 e. The number of benzene rings is 1. The van der Waals surface area contributed by atoms with Crippen LogP contribution in [-0.4, -0.2) is 15.4 Å². The fourth-order valence-corrected chi connectivity index (χ4v) is 1.90. The van der Waals surface area contributed by atoms with Crippen molar-refractivity contribution in [3.05, 3.63) is 30.1 Å². The Hall–Kier alpha value is -1.06. The van der Waals surface area contributed by atoms with Crippen LogP contribution in [0.4, 0.5) is 0 Å². The number of hydrogen-bond acceptors (Lipinski definition) is 2. The maximum atomic E-state index is 5.98. The van der Waals surface area contributed by atoms with Crippen LogP contribution in [0.3, 0.4) is 0 Å². The normalized spacial score (nSPS) is 13.3. The molecule has 4 heteroatoms. The summed E-state index contributed by atoms with van der Waals surface area (Å²) in [6.45, 7) is 0. The number of halogens is 1. The maximum absolute atomic E-state index is 5.98. The molecule has 1 aromatic heterocycles. The summed E-state index contributed by atoms with van der Waals surface area (Å²) in [7, 11) is 1.98. The van der Waals surface area contributed by atoms with Gasteiger partial charge in [-0.3, -0.25) is 0 Å². The lowest BCUT2D eigenvalue weighted by atomic mass is 10.1. The van der Waals surface area contributed by atoms with Crippen LogP contribution in [0.25, 0.3) is 11.0 Å². The van der Waals surface area contributed by atoms with Crippen molar-refractivity contribution in [1.82, 2.24) is 9.55 Å². The van der Waals surface area contributed by atoms with E-state index in [0.29, 0.717) is 5.88 Å². The number of aryl methyl sites for hydroxylation is 1. The van der Waals surface area contributed by atoms with Crippen LogP contribution in [0, 0.1) is 0 Å². The molecule has 0 amide bonds. The fourth-order valence-electron chi connectivity index (χ4n) is 1.67. The summed E-state index contributed by atoms with van der Waals surface area (Å²) in [6.07, 6.45) is 2.60. The zero-order chi connectivity index (χ0) is 10.8. The van der Waals surface area contributed by atoms with E-state index >= 15 is 0 Å². The highest BCUT2D eigenvalue weighted by molar-refractivity contribution is 6.17. The lowest BCUT2D eigenvalue weighted by molar-refractivity contribution is 0.704. The molecule has 1 unspecified atom stereocenters. The molecule has 0 aliphatic rings. The number of alkyl halides is 1. The van der Waals surface area contributed by atoms with Gasteiger partial charge in [0, 0.05) is 19.0 Å². The highest BCUT2D eigenvalue weighted by Gasteiger charge is 2.07. The quantitative estimate of drug-likeness (QED) is 0.811. The number of rotatable bonds is 3. The summed E-state index contributed by atoms with van der Waals surface area (Å²) in [5.41, 5.74) is 9.19. The number of nitrogens with zero attached hydrogens (tertiary/aromatic N) is 2. The molecule has 3 nitrogen and oxygen atoms in total. The second-order valence-electron chi connectivity index (χ2n) is 3.69. The van der Waals surface area contributed by atoms with Crippen LogP contribution in [0.2, 0.25) is 0 Å².